The Kier molecular flexibility index (Phi) is 7.01. The number of benzene rings is 2. The van der Waals surface area contributed by atoms with E-state index >= 15 is 0 Å². The number of carbonyl (C=O) groups is 1. The summed E-state index contributed by atoms with van der Waals surface area (Å²) in [6.45, 7) is 1.98. The maximum absolute atomic E-state index is 12.8. The van der Waals surface area contributed by atoms with Crippen LogP contribution in [0.3, 0.4) is 0 Å². The SMILES string of the molecule is CCOC(=O)c1c[nH]c2cccc(CCCCCCc3ccccc3)c2c1=O. The van der Waals surface area contributed by atoms with Gasteiger partial charge in [0.1, 0.15) is 5.56 Å². The second-order valence-electron chi connectivity index (χ2n) is 6.99. The first-order chi connectivity index (χ1) is 13.7. The molecule has 3 aromatic rings. The van der Waals surface area contributed by atoms with Crippen molar-refractivity contribution in [1.29, 1.82) is 0 Å². The van der Waals surface area contributed by atoms with Crippen LogP contribution in [-0.4, -0.2) is 17.6 Å². The summed E-state index contributed by atoms with van der Waals surface area (Å²) in [5.41, 5.74) is 2.97. The summed E-state index contributed by atoms with van der Waals surface area (Å²) in [5.74, 6) is -0.568. The van der Waals surface area contributed by atoms with Crippen LogP contribution in [0.1, 0.15) is 54.1 Å². The molecule has 0 aliphatic heterocycles. The van der Waals surface area contributed by atoms with Gasteiger partial charge in [-0.1, -0.05) is 55.3 Å². The maximum Gasteiger partial charge on any atom is 0.343 e. The summed E-state index contributed by atoms with van der Waals surface area (Å²) in [4.78, 5) is 27.9. The third kappa shape index (κ3) is 4.89. The van der Waals surface area contributed by atoms with Gasteiger partial charge in [-0.05, 0) is 49.8 Å². The number of nitrogens with one attached hydrogen (secondary N) is 1. The first-order valence-corrected chi connectivity index (χ1v) is 10.0. The summed E-state index contributed by atoms with van der Waals surface area (Å²) in [6, 6.07) is 16.4. The summed E-state index contributed by atoms with van der Waals surface area (Å²) < 4.78 is 5.00. The van der Waals surface area contributed by atoms with E-state index in [4.69, 9.17) is 4.74 Å². The Hall–Kier alpha value is -2.88. The Labute approximate surface area is 165 Å². The van der Waals surface area contributed by atoms with E-state index in [1.807, 2.05) is 24.3 Å². The van der Waals surface area contributed by atoms with Crippen LogP contribution in [0, 0.1) is 0 Å². The lowest BCUT2D eigenvalue weighted by Crippen LogP contribution is -2.19. The zero-order chi connectivity index (χ0) is 19.8. The molecule has 0 bridgehead atoms. The third-order valence-corrected chi connectivity index (χ3v) is 4.99. The highest BCUT2D eigenvalue weighted by Gasteiger charge is 2.15. The van der Waals surface area contributed by atoms with Gasteiger partial charge >= 0.3 is 5.97 Å². The molecule has 0 atom stereocenters. The van der Waals surface area contributed by atoms with Crippen LogP contribution in [-0.2, 0) is 17.6 Å². The average Bonchev–Trinajstić information content (AvgIpc) is 2.71. The molecule has 0 fully saturated rings. The summed E-state index contributed by atoms with van der Waals surface area (Å²) in [5, 5.41) is 0.609. The van der Waals surface area contributed by atoms with Crippen molar-refractivity contribution in [3.8, 4) is 0 Å². The van der Waals surface area contributed by atoms with Gasteiger partial charge in [-0.3, -0.25) is 4.79 Å². The number of carbonyl (C=O) groups excluding carboxylic acids is 1. The van der Waals surface area contributed by atoms with Crippen LogP contribution in [0.15, 0.2) is 59.5 Å². The summed E-state index contributed by atoms with van der Waals surface area (Å²) in [7, 11) is 0. The molecule has 1 N–H and O–H groups in total. The van der Waals surface area contributed by atoms with Gasteiger partial charge < -0.3 is 9.72 Å². The number of aryl methyl sites for hydroxylation is 2. The molecule has 1 aromatic heterocycles. The van der Waals surface area contributed by atoms with E-state index in [1.54, 1.807) is 6.92 Å². The van der Waals surface area contributed by atoms with Crippen LogP contribution in [0.5, 0.6) is 0 Å². The minimum absolute atomic E-state index is 0.0738. The van der Waals surface area contributed by atoms with Crippen LogP contribution < -0.4 is 5.43 Å². The number of fused-ring (bicyclic) bond motifs is 1. The molecular formula is C24H27NO3. The molecule has 146 valence electrons. The summed E-state index contributed by atoms with van der Waals surface area (Å²) >= 11 is 0. The van der Waals surface area contributed by atoms with E-state index in [0.29, 0.717) is 5.39 Å². The lowest BCUT2D eigenvalue weighted by atomic mass is 9.99. The minimum atomic E-state index is -0.568. The third-order valence-electron chi connectivity index (χ3n) is 4.99. The predicted molar refractivity (Wildman–Crippen MR) is 113 cm³/mol. The number of aromatic amines is 1. The Morgan fingerprint density at radius 2 is 1.68 bits per heavy atom. The smallest absolute Gasteiger partial charge is 0.343 e. The van der Waals surface area contributed by atoms with Gasteiger partial charge in [-0.15, -0.1) is 0 Å². The van der Waals surface area contributed by atoms with Crippen LogP contribution in [0.25, 0.3) is 10.9 Å². The van der Waals surface area contributed by atoms with Crippen LogP contribution in [0.4, 0.5) is 0 Å². The van der Waals surface area contributed by atoms with Crippen molar-refractivity contribution in [3.05, 3.63) is 81.6 Å². The quantitative estimate of drug-likeness (QED) is 0.419. The highest BCUT2D eigenvalue weighted by atomic mass is 16.5. The van der Waals surface area contributed by atoms with Gasteiger partial charge in [0.05, 0.1) is 6.61 Å². The molecule has 0 radical (unpaired) electrons. The van der Waals surface area contributed by atoms with E-state index in [-0.39, 0.29) is 17.6 Å². The Morgan fingerprint density at radius 1 is 0.929 bits per heavy atom. The van der Waals surface area contributed by atoms with Crippen LogP contribution in [0.2, 0.25) is 0 Å². The lowest BCUT2D eigenvalue weighted by molar-refractivity contribution is 0.0524. The van der Waals surface area contributed by atoms with Crippen molar-refractivity contribution in [2.24, 2.45) is 0 Å². The number of pyridine rings is 1. The zero-order valence-electron chi connectivity index (χ0n) is 16.4. The Balaban J connectivity index is 1.62. The molecule has 1 heterocycles. The van der Waals surface area contributed by atoms with Crippen molar-refractivity contribution in [2.45, 2.75) is 45.4 Å². The monoisotopic (exact) mass is 377 g/mol. The minimum Gasteiger partial charge on any atom is -0.462 e. The largest absolute Gasteiger partial charge is 0.462 e. The van der Waals surface area contributed by atoms with E-state index in [9.17, 15) is 9.59 Å². The average molecular weight is 377 g/mol. The van der Waals surface area contributed by atoms with E-state index in [2.05, 4.69) is 29.2 Å². The van der Waals surface area contributed by atoms with Gasteiger partial charge in [0.25, 0.3) is 0 Å². The maximum atomic E-state index is 12.8. The molecule has 0 saturated carbocycles. The molecule has 0 aliphatic rings. The fourth-order valence-corrected chi connectivity index (χ4v) is 3.55. The molecule has 0 unspecified atom stereocenters. The lowest BCUT2D eigenvalue weighted by Gasteiger charge is -2.08. The zero-order valence-corrected chi connectivity index (χ0v) is 16.4. The second-order valence-corrected chi connectivity index (χ2v) is 6.99. The number of H-pyrrole nitrogens is 1. The molecule has 4 heteroatoms. The predicted octanol–water partition coefficient (Wildman–Crippen LogP) is 5.05. The van der Waals surface area contributed by atoms with E-state index in [0.717, 1.165) is 36.8 Å². The molecule has 28 heavy (non-hydrogen) atoms. The van der Waals surface area contributed by atoms with Crippen LogP contribution >= 0.6 is 0 Å². The van der Waals surface area contributed by atoms with Gasteiger partial charge in [-0.25, -0.2) is 4.79 Å². The number of unbranched alkanes of at least 4 members (excludes halogenated alkanes) is 3. The number of rotatable bonds is 9. The number of ether oxygens (including phenoxy) is 1. The van der Waals surface area contributed by atoms with Gasteiger partial charge in [0.15, 0.2) is 0 Å². The number of esters is 1. The number of aromatic nitrogens is 1. The number of hydrogen-bond donors (Lipinski definition) is 1. The van der Waals surface area contributed by atoms with Gasteiger partial charge in [0, 0.05) is 17.1 Å². The molecular weight excluding hydrogens is 350 g/mol. The Bertz CT molecular complexity index is 976. The van der Waals surface area contributed by atoms with Crippen molar-refractivity contribution in [2.75, 3.05) is 6.61 Å². The normalized spacial score (nSPS) is 10.9. The topological polar surface area (TPSA) is 59.2 Å². The molecule has 0 amide bonds. The van der Waals surface area contributed by atoms with Crippen molar-refractivity contribution in [3.63, 3.8) is 0 Å². The molecule has 4 nitrogen and oxygen atoms in total. The summed E-state index contributed by atoms with van der Waals surface area (Å²) in [6.07, 6.45) is 7.89. The first kappa shape index (κ1) is 19.9. The molecule has 0 saturated heterocycles. The van der Waals surface area contributed by atoms with Crippen molar-refractivity contribution < 1.29 is 9.53 Å². The van der Waals surface area contributed by atoms with Crippen molar-refractivity contribution >= 4 is 16.9 Å². The number of hydrogen-bond acceptors (Lipinski definition) is 3. The highest BCUT2D eigenvalue weighted by Crippen LogP contribution is 2.18. The highest BCUT2D eigenvalue weighted by molar-refractivity contribution is 5.94. The molecule has 0 aliphatic carbocycles. The molecule has 3 rings (SSSR count). The van der Waals surface area contributed by atoms with Gasteiger partial charge in [0.2, 0.25) is 5.43 Å². The van der Waals surface area contributed by atoms with Gasteiger partial charge in [-0.2, -0.15) is 0 Å². The Morgan fingerprint density at radius 3 is 2.43 bits per heavy atom. The van der Waals surface area contributed by atoms with E-state index in [1.165, 1.54) is 24.6 Å². The second kappa shape index (κ2) is 9.88. The standard InChI is InChI=1S/C24H27NO3/c1-2-28-24(27)20-17-25-21-16-10-15-19(22(21)23(20)26)14-9-4-3-6-11-18-12-7-5-8-13-18/h5,7-8,10,12-13,15-17H,2-4,6,9,11,14H2,1H3,(H,25,26). The molecule has 0 spiro atoms. The van der Waals surface area contributed by atoms with Crippen molar-refractivity contribution in [1.82, 2.24) is 4.98 Å². The fourth-order valence-electron chi connectivity index (χ4n) is 3.55. The first-order valence-electron chi connectivity index (χ1n) is 10.0. The molecule has 2 aromatic carbocycles. The van der Waals surface area contributed by atoms with E-state index < -0.39 is 5.97 Å². The fraction of sp³-hybridized carbons (Fsp3) is 0.333.